The van der Waals surface area contributed by atoms with E-state index in [2.05, 4.69) is 10.5 Å². The van der Waals surface area contributed by atoms with Crippen molar-refractivity contribution in [3.8, 4) is 0 Å². The first-order valence-corrected chi connectivity index (χ1v) is 6.55. The molecule has 0 aromatic heterocycles. The summed E-state index contributed by atoms with van der Waals surface area (Å²) < 4.78 is 13.4. The van der Waals surface area contributed by atoms with Gasteiger partial charge >= 0.3 is 0 Å². The van der Waals surface area contributed by atoms with Crippen LogP contribution in [0.2, 0.25) is 0 Å². The maximum absolute atomic E-state index is 13.4. The molecule has 3 nitrogen and oxygen atoms in total. The molecule has 21 heavy (non-hydrogen) atoms. The lowest BCUT2D eigenvalue weighted by atomic mass is 10.2. The van der Waals surface area contributed by atoms with Gasteiger partial charge in [0.25, 0.3) is 5.91 Å². The van der Waals surface area contributed by atoms with E-state index >= 15 is 0 Å². The minimum atomic E-state index is -0.631. The highest BCUT2D eigenvalue weighted by Gasteiger charge is 2.08. The Kier molecular flexibility index (Phi) is 5.23. The van der Waals surface area contributed by atoms with Crippen LogP contribution in [-0.2, 0) is 0 Å². The fraction of sp³-hybridized carbons (Fsp3) is 0. The van der Waals surface area contributed by atoms with Crippen molar-refractivity contribution in [2.45, 2.75) is 0 Å². The zero-order valence-corrected chi connectivity index (χ0v) is 11.7. The highest BCUT2D eigenvalue weighted by atomic mass is 35.5. The van der Waals surface area contributed by atoms with Crippen LogP contribution in [0, 0.1) is 5.82 Å². The van der Waals surface area contributed by atoms with Gasteiger partial charge in [0.05, 0.1) is 16.8 Å². The van der Waals surface area contributed by atoms with Crippen molar-refractivity contribution in [3.05, 3.63) is 76.6 Å². The number of hydrogen-bond donors (Lipinski definition) is 1. The van der Waals surface area contributed by atoms with E-state index in [1.807, 2.05) is 30.3 Å². The molecule has 0 unspecified atom stereocenters. The number of nitrogens with zero attached hydrogens (tertiary/aromatic N) is 1. The van der Waals surface area contributed by atoms with Gasteiger partial charge in [-0.15, -0.1) is 0 Å². The molecule has 106 valence electrons. The molecule has 0 bridgehead atoms. The summed E-state index contributed by atoms with van der Waals surface area (Å²) in [6, 6.07) is 15.1. The predicted octanol–water partition coefficient (Wildman–Crippen LogP) is 3.82. The van der Waals surface area contributed by atoms with Crippen LogP contribution in [0.3, 0.4) is 0 Å². The molecule has 0 fully saturated rings. The Bertz CT molecular complexity index is 684. The van der Waals surface area contributed by atoms with Crippen LogP contribution in [0.1, 0.15) is 15.9 Å². The molecular formula is C16H12ClFN2O. The smallest absolute Gasteiger partial charge is 0.267 e. The molecule has 1 amide bonds. The third kappa shape index (κ3) is 4.54. The summed E-state index contributed by atoms with van der Waals surface area (Å²) >= 11 is 5.96. The summed E-state index contributed by atoms with van der Waals surface area (Å²) in [4.78, 5) is 11.7. The van der Waals surface area contributed by atoms with Gasteiger partial charge in [-0.1, -0.05) is 54.1 Å². The summed E-state index contributed by atoms with van der Waals surface area (Å²) in [5.41, 5.74) is 3.06. The number of carbonyl (C=O) groups excluding carboxylic acids is 1. The Labute approximate surface area is 126 Å². The molecule has 1 N–H and O–H groups in total. The summed E-state index contributed by atoms with van der Waals surface area (Å²) in [5.74, 6) is -1.23. The number of nitrogens with one attached hydrogen (secondary N) is 1. The lowest BCUT2D eigenvalue weighted by molar-refractivity contribution is 0.0951. The highest BCUT2D eigenvalue weighted by molar-refractivity contribution is 6.41. The first kappa shape index (κ1) is 14.9. The molecule has 2 rings (SSSR count). The Morgan fingerprint density at radius 3 is 2.48 bits per heavy atom. The molecule has 0 aliphatic carbocycles. The van der Waals surface area contributed by atoms with E-state index in [9.17, 15) is 9.18 Å². The summed E-state index contributed by atoms with van der Waals surface area (Å²) in [5, 5.41) is 4.04. The van der Waals surface area contributed by atoms with Gasteiger partial charge < -0.3 is 0 Å². The van der Waals surface area contributed by atoms with Crippen LogP contribution in [0.25, 0.3) is 6.08 Å². The van der Waals surface area contributed by atoms with E-state index in [4.69, 9.17) is 11.6 Å². The van der Waals surface area contributed by atoms with E-state index in [1.165, 1.54) is 24.4 Å². The minimum absolute atomic E-state index is 0.0715. The fourth-order valence-corrected chi connectivity index (χ4v) is 1.78. The number of hydrazone groups is 1. The molecule has 0 spiro atoms. The first-order chi connectivity index (χ1) is 10.2. The zero-order valence-electron chi connectivity index (χ0n) is 11.0. The Morgan fingerprint density at radius 1 is 1.10 bits per heavy atom. The van der Waals surface area contributed by atoms with Crippen LogP contribution in [-0.4, -0.2) is 12.1 Å². The van der Waals surface area contributed by atoms with Crippen molar-refractivity contribution >= 4 is 29.8 Å². The second-order valence-corrected chi connectivity index (χ2v) is 4.56. The van der Waals surface area contributed by atoms with Gasteiger partial charge in [-0.25, -0.2) is 9.82 Å². The van der Waals surface area contributed by atoms with Crippen molar-refractivity contribution in [1.82, 2.24) is 5.43 Å². The van der Waals surface area contributed by atoms with Gasteiger partial charge in [0.15, 0.2) is 0 Å². The largest absolute Gasteiger partial charge is 0.274 e. The third-order valence-electron chi connectivity index (χ3n) is 2.58. The molecule has 0 heterocycles. The zero-order chi connectivity index (χ0) is 15.1. The summed E-state index contributed by atoms with van der Waals surface area (Å²) in [6.07, 6.45) is 2.98. The monoisotopic (exact) mass is 302 g/mol. The van der Waals surface area contributed by atoms with Crippen molar-refractivity contribution in [1.29, 1.82) is 0 Å². The average Bonchev–Trinajstić information content (AvgIpc) is 2.48. The van der Waals surface area contributed by atoms with Crippen LogP contribution in [0.5, 0.6) is 0 Å². The molecule has 0 aliphatic heterocycles. The number of allylic oxidation sites excluding steroid dienone is 1. The SMILES string of the molecule is O=C(NN=C/C(Cl)=C\c1ccccc1)c1ccccc1F. The van der Waals surface area contributed by atoms with E-state index in [-0.39, 0.29) is 5.56 Å². The van der Waals surface area contributed by atoms with Crippen LogP contribution in [0.4, 0.5) is 4.39 Å². The molecule has 0 saturated carbocycles. The summed E-state index contributed by atoms with van der Waals surface area (Å²) in [6.45, 7) is 0. The van der Waals surface area contributed by atoms with Crippen LogP contribution in [0.15, 0.2) is 64.7 Å². The van der Waals surface area contributed by atoms with Crippen LogP contribution >= 0.6 is 11.6 Å². The van der Waals surface area contributed by atoms with Gasteiger partial charge in [0, 0.05) is 0 Å². The van der Waals surface area contributed by atoms with Crippen molar-refractivity contribution in [2.75, 3.05) is 0 Å². The molecule has 0 saturated heterocycles. The van der Waals surface area contributed by atoms with E-state index in [0.29, 0.717) is 5.03 Å². The number of hydrogen-bond acceptors (Lipinski definition) is 2. The maximum atomic E-state index is 13.4. The normalized spacial score (nSPS) is 11.6. The number of rotatable bonds is 4. The molecule has 5 heteroatoms. The average molecular weight is 303 g/mol. The topological polar surface area (TPSA) is 41.5 Å². The number of halogens is 2. The lowest BCUT2D eigenvalue weighted by Gasteiger charge is -2.00. The second-order valence-electron chi connectivity index (χ2n) is 4.12. The molecule has 2 aromatic rings. The molecular weight excluding hydrogens is 291 g/mol. The van der Waals surface area contributed by atoms with Gasteiger partial charge in [0.2, 0.25) is 0 Å². The number of benzene rings is 2. The van der Waals surface area contributed by atoms with Gasteiger partial charge in [-0.3, -0.25) is 4.79 Å². The van der Waals surface area contributed by atoms with Crippen molar-refractivity contribution < 1.29 is 9.18 Å². The van der Waals surface area contributed by atoms with E-state index in [1.54, 1.807) is 12.1 Å². The molecule has 0 radical (unpaired) electrons. The van der Waals surface area contributed by atoms with Gasteiger partial charge in [0.1, 0.15) is 5.82 Å². The van der Waals surface area contributed by atoms with Gasteiger partial charge in [-0.05, 0) is 23.8 Å². The quantitative estimate of drug-likeness (QED) is 0.677. The first-order valence-electron chi connectivity index (χ1n) is 6.17. The lowest BCUT2D eigenvalue weighted by Crippen LogP contribution is -2.18. The Morgan fingerprint density at radius 2 is 1.76 bits per heavy atom. The Hall–Kier alpha value is -2.46. The maximum Gasteiger partial charge on any atom is 0.274 e. The van der Waals surface area contributed by atoms with Gasteiger partial charge in [-0.2, -0.15) is 5.10 Å². The minimum Gasteiger partial charge on any atom is -0.267 e. The fourth-order valence-electron chi connectivity index (χ4n) is 1.60. The Balaban J connectivity index is 1.98. The summed E-state index contributed by atoms with van der Waals surface area (Å²) in [7, 11) is 0. The van der Waals surface area contributed by atoms with E-state index in [0.717, 1.165) is 5.56 Å². The number of amides is 1. The van der Waals surface area contributed by atoms with E-state index < -0.39 is 11.7 Å². The van der Waals surface area contributed by atoms with Crippen molar-refractivity contribution in [2.24, 2.45) is 5.10 Å². The van der Waals surface area contributed by atoms with Crippen molar-refractivity contribution in [3.63, 3.8) is 0 Å². The second kappa shape index (κ2) is 7.36. The van der Waals surface area contributed by atoms with Crippen LogP contribution < -0.4 is 5.43 Å². The standard InChI is InChI=1S/C16H12ClFN2O/c17-13(10-12-6-2-1-3-7-12)11-19-20-16(21)14-8-4-5-9-15(14)18/h1-11H,(H,20,21)/b13-10+,19-11?. The predicted molar refractivity (Wildman–Crippen MR) is 82.6 cm³/mol. The number of carbonyl (C=O) groups is 1. The molecule has 0 atom stereocenters. The highest BCUT2D eigenvalue weighted by Crippen LogP contribution is 2.08. The third-order valence-corrected chi connectivity index (χ3v) is 2.78. The molecule has 0 aliphatic rings. The molecule has 2 aromatic carbocycles.